The Morgan fingerprint density at radius 1 is 1.00 bits per heavy atom. The van der Waals surface area contributed by atoms with Gasteiger partial charge in [0, 0.05) is 13.0 Å². The van der Waals surface area contributed by atoms with Crippen LogP contribution in [0.2, 0.25) is 0 Å². The number of hydrogen-bond donors (Lipinski definition) is 0. The summed E-state index contributed by atoms with van der Waals surface area (Å²) in [5.74, 6) is 0.413. The number of carbonyl (C=O) groups is 1. The highest BCUT2D eigenvalue weighted by molar-refractivity contribution is 7.91. The van der Waals surface area contributed by atoms with Gasteiger partial charge in [0.1, 0.15) is 5.75 Å². The molecule has 0 radical (unpaired) electrons. The van der Waals surface area contributed by atoms with Crippen molar-refractivity contribution in [2.45, 2.75) is 38.0 Å². The van der Waals surface area contributed by atoms with Crippen LogP contribution in [0.15, 0.2) is 41.3 Å². The third-order valence-corrected chi connectivity index (χ3v) is 8.70. The van der Waals surface area contributed by atoms with Crippen molar-refractivity contribution in [3.8, 4) is 5.75 Å². The summed E-state index contributed by atoms with van der Waals surface area (Å²) in [5.41, 5.74) is 3.14. The minimum atomic E-state index is -3.48. The lowest BCUT2D eigenvalue weighted by atomic mass is 10.1. The molecule has 0 bridgehead atoms. The van der Waals surface area contributed by atoms with E-state index in [4.69, 9.17) is 9.72 Å². The Morgan fingerprint density at radius 2 is 1.68 bits per heavy atom. The molecule has 1 aromatic heterocycles. The van der Waals surface area contributed by atoms with Crippen molar-refractivity contribution in [1.29, 1.82) is 0 Å². The van der Waals surface area contributed by atoms with E-state index in [9.17, 15) is 13.2 Å². The first kappa shape index (κ1) is 26.1. The second-order valence-electron chi connectivity index (χ2n) is 8.67. The fourth-order valence-corrected chi connectivity index (χ4v) is 6.15. The summed E-state index contributed by atoms with van der Waals surface area (Å²) < 4.78 is 31.6. The fraction of sp³-hybridized carbons (Fsp3) is 0.440. The summed E-state index contributed by atoms with van der Waals surface area (Å²) in [5, 5.41) is 0.675. The van der Waals surface area contributed by atoms with E-state index in [1.54, 1.807) is 17.0 Å². The molecule has 0 aliphatic rings. The predicted octanol–water partition coefficient (Wildman–Crippen LogP) is 4.46. The van der Waals surface area contributed by atoms with Gasteiger partial charge in [-0.15, -0.1) is 0 Å². The van der Waals surface area contributed by atoms with Crippen LogP contribution in [0.4, 0.5) is 5.13 Å². The number of carbonyl (C=O) groups excluding carboxylic acids is 1. The molecule has 184 valence electrons. The number of thiazole rings is 1. The van der Waals surface area contributed by atoms with E-state index in [0.29, 0.717) is 17.4 Å². The molecule has 0 unspecified atom stereocenters. The maximum Gasteiger partial charge on any atom is 0.228 e. The molecule has 3 aromatic rings. The van der Waals surface area contributed by atoms with Gasteiger partial charge in [0.25, 0.3) is 0 Å². The lowest BCUT2D eigenvalue weighted by Crippen LogP contribution is -2.33. The van der Waals surface area contributed by atoms with Crippen LogP contribution in [0.25, 0.3) is 10.2 Å². The van der Waals surface area contributed by atoms with E-state index in [2.05, 4.69) is 11.0 Å². The summed E-state index contributed by atoms with van der Waals surface area (Å²) >= 11 is 1.52. The smallest absolute Gasteiger partial charge is 0.228 e. The molecule has 7 nitrogen and oxygen atoms in total. The molecule has 0 atom stereocenters. The Bertz CT molecular complexity index is 1200. The molecule has 1 amide bonds. The maximum absolute atomic E-state index is 13.2. The molecule has 2 aromatic carbocycles. The zero-order chi connectivity index (χ0) is 24.9. The van der Waals surface area contributed by atoms with Crippen molar-refractivity contribution in [2.75, 3.05) is 44.9 Å². The summed E-state index contributed by atoms with van der Waals surface area (Å²) in [6.45, 7) is 5.46. The molecule has 1 heterocycles. The number of benzene rings is 2. The van der Waals surface area contributed by atoms with E-state index in [-0.39, 0.29) is 29.4 Å². The lowest BCUT2D eigenvalue weighted by molar-refractivity contribution is -0.118. The van der Waals surface area contributed by atoms with Crippen LogP contribution >= 0.6 is 11.3 Å². The molecule has 0 aliphatic carbocycles. The molecule has 0 saturated carbocycles. The summed E-state index contributed by atoms with van der Waals surface area (Å²) in [6, 6.07) is 10.4. The van der Waals surface area contributed by atoms with Crippen molar-refractivity contribution in [2.24, 2.45) is 0 Å². The van der Waals surface area contributed by atoms with Crippen molar-refractivity contribution in [3.63, 3.8) is 0 Å². The van der Waals surface area contributed by atoms with Crippen molar-refractivity contribution >= 4 is 42.4 Å². The van der Waals surface area contributed by atoms with E-state index in [1.807, 2.05) is 34.0 Å². The first-order chi connectivity index (χ1) is 16.1. The molecule has 34 heavy (non-hydrogen) atoms. The van der Waals surface area contributed by atoms with Gasteiger partial charge < -0.3 is 9.64 Å². The van der Waals surface area contributed by atoms with Crippen molar-refractivity contribution in [3.05, 3.63) is 47.5 Å². The second-order valence-corrected chi connectivity index (χ2v) is 11.8. The molecule has 0 fully saturated rings. The first-order valence-corrected chi connectivity index (χ1v) is 13.8. The average molecular weight is 504 g/mol. The van der Waals surface area contributed by atoms with Gasteiger partial charge in [-0.1, -0.05) is 23.5 Å². The molecule has 0 spiro atoms. The number of hydrogen-bond acceptors (Lipinski definition) is 7. The normalized spacial score (nSPS) is 11.8. The number of aryl methyl sites for hydroxylation is 2. The van der Waals surface area contributed by atoms with Crippen molar-refractivity contribution in [1.82, 2.24) is 9.88 Å². The molecular formula is C25H33N3O4S2. The number of anilines is 1. The molecule has 0 N–H and O–H groups in total. The number of nitrogens with zero attached hydrogens (tertiary/aromatic N) is 3. The minimum absolute atomic E-state index is 0.0886. The summed E-state index contributed by atoms with van der Waals surface area (Å²) in [7, 11) is 2.06. The highest BCUT2D eigenvalue weighted by Crippen LogP contribution is 2.33. The van der Waals surface area contributed by atoms with Crippen LogP contribution < -0.4 is 9.64 Å². The van der Waals surface area contributed by atoms with E-state index in [1.165, 1.54) is 30.6 Å². The van der Waals surface area contributed by atoms with Gasteiger partial charge in [-0.3, -0.25) is 9.69 Å². The Labute approximate surface area is 206 Å². The van der Waals surface area contributed by atoms with Gasteiger partial charge in [-0.25, -0.2) is 13.4 Å². The van der Waals surface area contributed by atoms with Crippen LogP contribution in [0.5, 0.6) is 5.75 Å². The van der Waals surface area contributed by atoms with E-state index >= 15 is 0 Å². The van der Waals surface area contributed by atoms with E-state index in [0.717, 1.165) is 34.3 Å². The topological polar surface area (TPSA) is 79.8 Å². The SMILES string of the molecule is COc1ccc(S(=O)(=O)CCCC(=O)N(CCCN(C)C)c2nc3c(C)ccc(C)c3s2)cc1. The van der Waals surface area contributed by atoms with Gasteiger partial charge in [0.05, 0.1) is 28.0 Å². The van der Waals surface area contributed by atoms with Gasteiger partial charge in [-0.05, 0) is 82.7 Å². The highest BCUT2D eigenvalue weighted by atomic mass is 32.2. The largest absolute Gasteiger partial charge is 0.497 e. The quantitative estimate of drug-likeness (QED) is 0.384. The Balaban J connectivity index is 1.74. The zero-order valence-electron chi connectivity index (χ0n) is 20.5. The third kappa shape index (κ3) is 6.34. The molecular weight excluding hydrogens is 470 g/mol. The zero-order valence-corrected chi connectivity index (χ0v) is 22.1. The predicted molar refractivity (Wildman–Crippen MR) is 139 cm³/mol. The van der Waals surface area contributed by atoms with Crippen LogP contribution in [-0.2, 0) is 14.6 Å². The number of sulfone groups is 1. The molecule has 0 aliphatic heterocycles. The second kappa shape index (κ2) is 11.3. The standard InChI is InChI=1S/C25H33N3O4S2/c1-18-9-10-19(2)24-23(18)26-25(33-24)28(16-7-15-27(3)4)22(29)8-6-17-34(30,31)21-13-11-20(32-5)12-14-21/h9-14H,6-8,15-17H2,1-5H3. The van der Waals surface area contributed by atoms with Gasteiger partial charge >= 0.3 is 0 Å². The number of aromatic nitrogens is 1. The minimum Gasteiger partial charge on any atom is -0.497 e. The molecule has 3 rings (SSSR count). The highest BCUT2D eigenvalue weighted by Gasteiger charge is 2.22. The Hall–Kier alpha value is -2.49. The Morgan fingerprint density at radius 3 is 2.29 bits per heavy atom. The number of fused-ring (bicyclic) bond motifs is 1. The van der Waals surface area contributed by atoms with Crippen LogP contribution in [0, 0.1) is 13.8 Å². The number of amides is 1. The maximum atomic E-state index is 13.2. The van der Waals surface area contributed by atoms with Gasteiger partial charge in [0.2, 0.25) is 5.91 Å². The Kier molecular flexibility index (Phi) is 8.67. The lowest BCUT2D eigenvalue weighted by Gasteiger charge is -2.21. The fourth-order valence-electron chi connectivity index (χ4n) is 3.68. The van der Waals surface area contributed by atoms with Gasteiger partial charge in [0.15, 0.2) is 15.0 Å². The van der Waals surface area contributed by atoms with Crippen LogP contribution in [0.1, 0.15) is 30.4 Å². The molecule has 9 heteroatoms. The van der Waals surface area contributed by atoms with E-state index < -0.39 is 9.84 Å². The number of ether oxygens (including phenoxy) is 1. The number of methoxy groups -OCH3 is 1. The summed E-state index contributed by atoms with van der Waals surface area (Å²) in [4.78, 5) is 22.1. The first-order valence-electron chi connectivity index (χ1n) is 11.3. The molecule has 0 saturated heterocycles. The number of rotatable bonds is 11. The van der Waals surface area contributed by atoms with Gasteiger partial charge in [-0.2, -0.15) is 0 Å². The van der Waals surface area contributed by atoms with Crippen molar-refractivity contribution < 1.29 is 17.9 Å². The van der Waals surface area contributed by atoms with Crippen LogP contribution in [-0.4, -0.2) is 64.3 Å². The van der Waals surface area contributed by atoms with Crippen LogP contribution in [0.3, 0.4) is 0 Å². The summed E-state index contributed by atoms with van der Waals surface area (Å²) in [6.07, 6.45) is 1.20. The average Bonchev–Trinajstić information content (AvgIpc) is 3.25. The third-order valence-electron chi connectivity index (χ3n) is 5.67. The monoisotopic (exact) mass is 503 g/mol.